The summed E-state index contributed by atoms with van der Waals surface area (Å²) in [4.78, 5) is 14.5. The first-order valence-electron chi connectivity index (χ1n) is 7.55. The van der Waals surface area contributed by atoms with Crippen LogP contribution < -0.4 is 5.73 Å². The Kier molecular flexibility index (Phi) is 5.42. The number of rotatable bonds is 3. The van der Waals surface area contributed by atoms with Crippen molar-refractivity contribution in [2.24, 2.45) is 5.73 Å². The van der Waals surface area contributed by atoms with Crippen LogP contribution in [0.4, 0.5) is 0 Å². The number of hydrogen-bond acceptors (Lipinski definition) is 4. The van der Waals surface area contributed by atoms with Crippen LogP contribution in [0.3, 0.4) is 0 Å². The molecular formula is C16H22ClN3O2. The number of nitrogens with zero attached hydrogens (tertiary/aromatic N) is 2. The van der Waals surface area contributed by atoms with Crippen LogP contribution in [-0.4, -0.2) is 34.6 Å². The van der Waals surface area contributed by atoms with Crippen LogP contribution in [0.5, 0.6) is 0 Å². The van der Waals surface area contributed by atoms with E-state index in [0.717, 1.165) is 36.8 Å². The smallest absolute Gasteiger partial charge is 0.229 e. The standard InChI is InChI=1S/C16H21N3O2.ClH/c1-11(17)14-7-4-5-9-19(14)16(20)10-13-12-6-2-3-8-15(12)21-18-13;/h2-3,6,8,11,14H,4-5,7,9-10,17H2,1H3;1H. The van der Waals surface area contributed by atoms with E-state index in [9.17, 15) is 4.79 Å². The summed E-state index contributed by atoms with van der Waals surface area (Å²) >= 11 is 0. The number of carbonyl (C=O) groups excluding carboxylic acids is 1. The molecular weight excluding hydrogens is 302 g/mol. The summed E-state index contributed by atoms with van der Waals surface area (Å²) in [6.07, 6.45) is 3.46. The van der Waals surface area contributed by atoms with Gasteiger partial charge in [-0.05, 0) is 38.3 Å². The summed E-state index contributed by atoms with van der Waals surface area (Å²) in [7, 11) is 0. The van der Waals surface area contributed by atoms with Gasteiger partial charge >= 0.3 is 0 Å². The van der Waals surface area contributed by atoms with Crippen molar-refractivity contribution in [3.8, 4) is 0 Å². The van der Waals surface area contributed by atoms with Crippen molar-refractivity contribution in [3.05, 3.63) is 30.0 Å². The molecule has 2 N–H and O–H groups in total. The third kappa shape index (κ3) is 3.25. The van der Waals surface area contributed by atoms with Gasteiger partial charge < -0.3 is 15.2 Å². The van der Waals surface area contributed by atoms with Gasteiger partial charge in [0.15, 0.2) is 5.58 Å². The predicted octanol–water partition coefficient (Wildman–Crippen LogP) is 2.52. The van der Waals surface area contributed by atoms with E-state index >= 15 is 0 Å². The second-order valence-corrected chi connectivity index (χ2v) is 5.81. The summed E-state index contributed by atoms with van der Waals surface area (Å²) in [5.74, 6) is 0.0936. The number of carbonyl (C=O) groups is 1. The molecule has 0 bridgehead atoms. The predicted molar refractivity (Wildman–Crippen MR) is 88.0 cm³/mol. The van der Waals surface area contributed by atoms with E-state index in [-0.39, 0.29) is 36.8 Å². The molecule has 1 aliphatic rings. The second kappa shape index (κ2) is 7.11. The molecule has 0 spiro atoms. The Bertz CT molecular complexity index is 641. The fraction of sp³-hybridized carbons (Fsp3) is 0.500. The number of likely N-dealkylation sites (tertiary alicyclic amines) is 1. The van der Waals surface area contributed by atoms with Crippen molar-refractivity contribution in [1.29, 1.82) is 0 Å². The van der Waals surface area contributed by atoms with Crippen molar-refractivity contribution in [2.75, 3.05) is 6.54 Å². The van der Waals surface area contributed by atoms with Crippen molar-refractivity contribution in [3.63, 3.8) is 0 Å². The lowest BCUT2D eigenvalue weighted by Crippen LogP contribution is -2.52. The van der Waals surface area contributed by atoms with Crippen LogP contribution in [0, 0.1) is 0 Å². The maximum Gasteiger partial charge on any atom is 0.229 e. The summed E-state index contributed by atoms with van der Waals surface area (Å²) in [6.45, 7) is 2.77. The molecule has 5 nitrogen and oxygen atoms in total. The number of halogens is 1. The molecule has 2 atom stereocenters. The third-order valence-corrected chi connectivity index (χ3v) is 4.25. The largest absolute Gasteiger partial charge is 0.356 e. The molecule has 2 unspecified atom stereocenters. The monoisotopic (exact) mass is 323 g/mol. The molecule has 22 heavy (non-hydrogen) atoms. The third-order valence-electron chi connectivity index (χ3n) is 4.25. The maximum absolute atomic E-state index is 12.6. The zero-order valence-corrected chi connectivity index (χ0v) is 13.5. The summed E-state index contributed by atoms with van der Waals surface area (Å²) in [6, 6.07) is 7.78. The lowest BCUT2D eigenvalue weighted by molar-refractivity contribution is -0.134. The van der Waals surface area contributed by atoms with Gasteiger partial charge in [0.2, 0.25) is 5.91 Å². The highest BCUT2D eigenvalue weighted by atomic mass is 35.5. The fourth-order valence-electron chi connectivity index (χ4n) is 3.12. The van der Waals surface area contributed by atoms with Crippen molar-refractivity contribution >= 4 is 29.3 Å². The number of amides is 1. The molecule has 1 amide bonds. The Hall–Kier alpha value is -1.59. The lowest BCUT2D eigenvalue weighted by atomic mass is 9.96. The number of piperidine rings is 1. The van der Waals surface area contributed by atoms with Gasteiger partial charge in [-0.15, -0.1) is 12.4 Å². The molecule has 1 saturated heterocycles. The summed E-state index contributed by atoms with van der Waals surface area (Å²) in [5.41, 5.74) is 7.47. The first kappa shape index (κ1) is 16.8. The van der Waals surface area contributed by atoms with Gasteiger partial charge in [0.05, 0.1) is 6.42 Å². The maximum atomic E-state index is 12.6. The van der Waals surface area contributed by atoms with E-state index in [0.29, 0.717) is 5.69 Å². The minimum absolute atomic E-state index is 0. The molecule has 0 saturated carbocycles. The van der Waals surface area contributed by atoms with E-state index in [1.54, 1.807) is 0 Å². The average molecular weight is 324 g/mol. The number of nitrogens with two attached hydrogens (primary N) is 1. The molecule has 6 heteroatoms. The fourth-order valence-corrected chi connectivity index (χ4v) is 3.12. The molecule has 2 heterocycles. The van der Waals surface area contributed by atoms with Crippen LogP contribution >= 0.6 is 12.4 Å². The normalized spacial score (nSPS) is 19.7. The molecule has 1 aromatic heterocycles. The SMILES string of the molecule is CC(N)C1CCCCN1C(=O)Cc1noc2ccccc12.Cl. The minimum Gasteiger partial charge on any atom is -0.356 e. The quantitative estimate of drug-likeness (QED) is 0.942. The molecule has 0 aliphatic carbocycles. The van der Waals surface area contributed by atoms with Gasteiger partial charge in [0.1, 0.15) is 5.69 Å². The number of aromatic nitrogens is 1. The highest BCUT2D eigenvalue weighted by Crippen LogP contribution is 2.22. The number of para-hydroxylation sites is 1. The second-order valence-electron chi connectivity index (χ2n) is 5.81. The van der Waals surface area contributed by atoms with Crippen LogP contribution in [0.15, 0.2) is 28.8 Å². The molecule has 120 valence electrons. The Morgan fingerprint density at radius 1 is 1.45 bits per heavy atom. The summed E-state index contributed by atoms with van der Waals surface area (Å²) < 4.78 is 5.27. The molecule has 3 rings (SSSR count). The molecule has 2 aromatic rings. The number of benzene rings is 1. The highest BCUT2D eigenvalue weighted by Gasteiger charge is 2.29. The van der Waals surface area contributed by atoms with Gasteiger partial charge in [-0.25, -0.2) is 0 Å². The number of hydrogen-bond donors (Lipinski definition) is 1. The Labute approximate surface area is 136 Å². The zero-order chi connectivity index (χ0) is 14.8. The van der Waals surface area contributed by atoms with Gasteiger partial charge in [0.25, 0.3) is 0 Å². The molecule has 1 aliphatic heterocycles. The van der Waals surface area contributed by atoms with Crippen molar-refractivity contribution in [1.82, 2.24) is 10.1 Å². The lowest BCUT2D eigenvalue weighted by Gasteiger charge is -2.38. The average Bonchev–Trinajstić information content (AvgIpc) is 2.90. The zero-order valence-electron chi connectivity index (χ0n) is 12.7. The first-order valence-corrected chi connectivity index (χ1v) is 7.55. The van der Waals surface area contributed by atoms with Gasteiger partial charge in [-0.2, -0.15) is 0 Å². The van der Waals surface area contributed by atoms with Crippen LogP contribution in [-0.2, 0) is 11.2 Å². The molecule has 1 aromatic carbocycles. The van der Waals surface area contributed by atoms with E-state index in [1.165, 1.54) is 0 Å². The Balaban J connectivity index is 0.00000176. The minimum atomic E-state index is 0. The highest BCUT2D eigenvalue weighted by molar-refractivity contribution is 5.86. The van der Waals surface area contributed by atoms with Crippen LogP contribution in [0.25, 0.3) is 11.0 Å². The van der Waals surface area contributed by atoms with E-state index in [4.69, 9.17) is 10.3 Å². The topological polar surface area (TPSA) is 72.4 Å². The van der Waals surface area contributed by atoms with Gasteiger partial charge in [0, 0.05) is 24.0 Å². The van der Waals surface area contributed by atoms with E-state index in [1.807, 2.05) is 36.1 Å². The van der Waals surface area contributed by atoms with Crippen molar-refractivity contribution < 1.29 is 9.32 Å². The van der Waals surface area contributed by atoms with Crippen molar-refractivity contribution in [2.45, 2.75) is 44.7 Å². The van der Waals surface area contributed by atoms with E-state index in [2.05, 4.69) is 5.16 Å². The van der Waals surface area contributed by atoms with Gasteiger partial charge in [-0.1, -0.05) is 17.3 Å². The number of fused-ring (bicyclic) bond motifs is 1. The summed E-state index contributed by atoms with van der Waals surface area (Å²) in [5, 5.41) is 4.96. The Morgan fingerprint density at radius 3 is 3.00 bits per heavy atom. The van der Waals surface area contributed by atoms with Gasteiger partial charge in [-0.3, -0.25) is 4.79 Å². The molecule has 1 fully saturated rings. The Morgan fingerprint density at radius 2 is 2.23 bits per heavy atom. The van der Waals surface area contributed by atoms with Crippen LogP contribution in [0.1, 0.15) is 31.9 Å². The van der Waals surface area contributed by atoms with E-state index < -0.39 is 0 Å². The molecule has 0 radical (unpaired) electrons. The first-order chi connectivity index (χ1) is 10.2. The van der Waals surface area contributed by atoms with Crippen LogP contribution in [0.2, 0.25) is 0 Å².